The topological polar surface area (TPSA) is 78.2 Å². The monoisotopic (exact) mass is 454 g/mol. The highest BCUT2D eigenvalue weighted by Crippen LogP contribution is 2.36. The minimum Gasteiger partial charge on any atom is -0.462 e. The number of nitrogens with zero attached hydrogens (tertiary/aromatic N) is 3. The lowest BCUT2D eigenvalue weighted by Crippen LogP contribution is -2.19. The van der Waals surface area contributed by atoms with Gasteiger partial charge >= 0.3 is 5.97 Å². The van der Waals surface area contributed by atoms with E-state index in [2.05, 4.69) is 57.7 Å². The molecule has 2 aromatic carbocycles. The predicted octanol–water partition coefficient (Wildman–Crippen LogP) is 4.74. The van der Waals surface area contributed by atoms with Gasteiger partial charge in [0.1, 0.15) is 6.54 Å². The zero-order valence-corrected chi connectivity index (χ0v) is 19.6. The van der Waals surface area contributed by atoms with Crippen molar-refractivity contribution < 1.29 is 9.53 Å². The summed E-state index contributed by atoms with van der Waals surface area (Å²) in [6.07, 6.45) is 5.23. The van der Waals surface area contributed by atoms with E-state index in [1.54, 1.807) is 25.3 Å². The first kappa shape index (κ1) is 23.5. The number of nitrogens with one attached hydrogen (secondary N) is 1. The first-order valence-electron chi connectivity index (χ1n) is 11.9. The van der Waals surface area contributed by atoms with Crippen LogP contribution in [0.15, 0.2) is 60.8 Å². The molecular weight excluding hydrogens is 424 g/mol. The van der Waals surface area contributed by atoms with Crippen LogP contribution < -0.4 is 10.2 Å². The van der Waals surface area contributed by atoms with Crippen LogP contribution >= 0.6 is 0 Å². The van der Waals surface area contributed by atoms with Crippen LogP contribution in [-0.2, 0) is 30.5 Å². The van der Waals surface area contributed by atoms with Gasteiger partial charge in [-0.1, -0.05) is 30.3 Å². The number of benzene rings is 2. The Hall–Kier alpha value is -3.69. The molecule has 0 aliphatic carbocycles. The number of aromatic nitrogens is 1. The fourth-order valence-corrected chi connectivity index (χ4v) is 4.48. The van der Waals surface area contributed by atoms with Gasteiger partial charge in [-0.15, -0.1) is 0 Å². The molecule has 0 saturated heterocycles. The molecule has 6 heteroatoms. The molecule has 3 aromatic rings. The molecule has 6 nitrogen and oxygen atoms in total. The molecule has 0 fully saturated rings. The van der Waals surface area contributed by atoms with E-state index in [4.69, 9.17) is 4.74 Å². The Labute approximate surface area is 201 Å². The van der Waals surface area contributed by atoms with Gasteiger partial charge in [0.05, 0.1) is 23.9 Å². The molecule has 1 aromatic heterocycles. The van der Waals surface area contributed by atoms with E-state index in [9.17, 15) is 10.1 Å². The van der Waals surface area contributed by atoms with E-state index in [0.717, 1.165) is 49.4 Å². The molecule has 0 spiro atoms. The summed E-state index contributed by atoms with van der Waals surface area (Å²) in [5, 5.41) is 12.9. The Morgan fingerprint density at radius 3 is 2.79 bits per heavy atom. The third-order valence-electron chi connectivity index (χ3n) is 6.09. The first-order valence-corrected chi connectivity index (χ1v) is 11.9. The Kier molecular flexibility index (Phi) is 7.90. The number of carbonyl (C=O) groups excluding carboxylic acids is 1. The van der Waals surface area contributed by atoms with Crippen LogP contribution in [0.1, 0.15) is 46.1 Å². The normalized spacial score (nSPS) is 12.3. The standard InChI is InChI=1S/C28H30N4O2/c1-2-34-28(33)24-8-5-17-31-25(24)9-6-16-30-20-21-11-14-27-23(19-21)13-12-22-7-3-4-10-26(22)32(27)18-15-29/h3-5,7-8,10-11,14,17,19,30H,2,6,9,12-13,16,18,20H2,1H3. The maximum Gasteiger partial charge on any atom is 0.339 e. The highest BCUT2D eigenvalue weighted by atomic mass is 16.5. The predicted molar refractivity (Wildman–Crippen MR) is 133 cm³/mol. The van der Waals surface area contributed by atoms with Crippen molar-refractivity contribution in [3.05, 3.63) is 88.7 Å². The Balaban J connectivity index is 1.35. The van der Waals surface area contributed by atoms with Gasteiger partial charge in [0.2, 0.25) is 0 Å². The van der Waals surface area contributed by atoms with Crippen LogP contribution in [0.5, 0.6) is 0 Å². The first-order chi connectivity index (χ1) is 16.7. The van der Waals surface area contributed by atoms with Crippen molar-refractivity contribution >= 4 is 17.3 Å². The number of carbonyl (C=O) groups is 1. The second-order valence-corrected chi connectivity index (χ2v) is 8.33. The molecule has 1 N–H and O–H groups in total. The quantitative estimate of drug-likeness (QED) is 0.286. The lowest BCUT2D eigenvalue weighted by atomic mass is 10.0. The molecule has 4 rings (SSSR count). The fraction of sp³-hybridized carbons (Fsp3) is 0.321. The number of para-hydroxylation sites is 1. The maximum atomic E-state index is 12.1. The molecule has 1 aliphatic heterocycles. The van der Waals surface area contributed by atoms with Crippen molar-refractivity contribution in [3.8, 4) is 6.07 Å². The summed E-state index contributed by atoms with van der Waals surface area (Å²) in [5.74, 6) is -0.309. The number of aryl methyl sites for hydroxylation is 3. The molecule has 0 unspecified atom stereocenters. The maximum absolute atomic E-state index is 12.1. The molecule has 0 bridgehead atoms. The van der Waals surface area contributed by atoms with Gasteiger partial charge < -0.3 is 15.0 Å². The number of hydrogen-bond donors (Lipinski definition) is 1. The number of anilines is 2. The Bertz CT molecular complexity index is 1190. The van der Waals surface area contributed by atoms with Gasteiger partial charge in [0.15, 0.2) is 0 Å². The summed E-state index contributed by atoms with van der Waals surface area (Å²) in [7, 11) is 0. The lowest BCUT2D eigenvalue weighted by molar-refractivity contribution is 0.0524. The summed E-state index contributed by atoms with van der Waals surface area (Å²) in [5.41, 5.74) is 7.38. The molecule has 0 atom stereocenters. The summed E-state index contributed by atoms with van der Waals surface area (Å²) < 4.78 is 5.14. The van der Waals surface area contributed by atoms with E-state index < -0.39 is 0 Å². The van der Waals surface area contributed by atoms with Crippen LogP contribution in [0.3, 0.4) is 0 Å². The summed E-state index contributed by atoms with van der Waals surface area (Å²) in [6, 6.07) is 20.8. The summed E-state index contributed by atoms with van der Waals surface area (Å²) in [4.78, 5) is 18.6. The highest BCUT2D eigenvalue weighted by molar-refractivity contribution is 5.90. The second kappa shape index (κ2) is 11.4. The Morgan fingerprint density at radius 1 is 1.12 bits per heavy atom. The molecular formula is C28H30N4O2. The zero-order valence-electron chi connectivity index (χ0n) is 19.6. The molecule has 34 heavy (non-hydrogen) atoms. The molecule has 174 valence electrons. The van der Waals surface area contributed by atoms with Gasteiger partial charge in [0, 0.05) is 24.1 Å². The number of hydrogen-bond acceptors (Lipinski definition) is 6. The van der Waals surface area contributed by atoms with Crippen LogP contribution in [0.25, 0.3) is 0 Å². The minimum absolute atomic E-state index is 0.309. The number of ether oxygens (including phenoxy) is 1. The smallest absolute Gasteiger partial charge is 0.339 e. The largest absolute Gasteiger partial charge is 0.462 e. The van der Waals surface area contributed by atoms with Crippen LogP contribution in [0, 0.1) is 11.3 Å². The van der Waals surface area contributed by atoms with Crippen molar-refractivity contribution in [3.63, 3.8) is 0 Å². The zero-order chi connectivity index (χ0) is 23.8. The van der Waals surface area contributed by atoms with Gasteiger partial charge in [-0.05, 0) is 80.1 Å². The van der Waals surface area contributed by atoms with Crippen molar-refractivity contribution in [2.75, 3.05) is 24.6 Å². The third-order valence-corrected chi connectivity index (χ3v) is 6.09. The van der Waals surface area contributed by atoms with Crippen molar-refractivity contribution in [2.24, 2.45) is 0 Å². The number of rotatable bonds is 9. The Morgan fingerprint density at radius 2 is 1.94 bits per heavy atom. The van der Waals surface area contributed by atoms with Gasteiger partial charge in [-0.25, -0.2) is 4.79 Å². The lowest BCUT2D eigenvalue weighted by Gasteiger charge is -2.24. The van der Waals surface area contributed by atoms with Crippen molar-refractivity contribution in [1.82, 2.24) is 10.3 Å². The third kappa shape index (κ3) is 5.44. The van der Waals surface area contributed by atoms with Gasteiger partial charge in [0.25, 0.3) is 0 Å². The number of fused-ring (bicyclic) bond motifs is 2. The average Bonchev–Trinajstić information content (AvgIpc) is 3.01. The van der Waals surface area contributed by atoms with E-state index in [1.165, 1.54) is 16.7 Å². The molecule has 0 saturated carbocycles. The van der Waals surface area contributed by atoms with Gasteiger partial charge in [-0.2, -0.15) is 5.26 Å². The molecule has 2 heterocycles. The van der Waals surface area contributed by atoms with E-state index >= 15 is 0 Å². The van der Waals surface area contributed by atoms with E-state index in [-0.39, 0.29) is 5.97 Å². The van der Waals surface area contributed by atoms with Crippen LogP contribution in [0.4, 0.5) is 11.4 Å². The number of esters is 1. The van der Waals surface area contributed by atoms with Crippen LogP contribution in [-0.4, -0.2) is 30.6 Å². The number of pyridine rings is 1. The van der Waals surface area contributed by atoms with E-state index in [1.807, 2.05) is 6.07 Å². The van der Waals surface area contributed by atoms with E-state index in [0.29, 0.717) is 25.1 Å². The highest BCUT2D eigenvalue weighted by Gasteiger charge is 2.20. The fourth-order valence-electron chi connectivity index (χ4n) is 4.48. The minimum atomic E-state index is -0.309. The average molecular weight is 455 g/mol. The van der Waals surface area contributed by atoms with Gasteiger partial charge in [-0.3, -0.25) is 4.98 Å². The molecule has 0 amide bonds. The SMILES string of the molecule is CCOC(=O)c1cccnc1CCCNCc1ccc2c(c1)CCc1ccccc1N2CC#N. The number of nitriles is 1. The van der Waals surface area contributed by atoms with Crippen LogP contribution in [0.2, 0.25) is 0 Å². The summed E-state index contributed by atoms with van der Waals surface area (Å²) in [6.45, 7) is 4.09. The summed E-state index contributed by atoms with van der Waals surface area (Å²) >= 11 is 0. The molecule has 0 radical (unpaired) electrons. The van der Waals surface area contributed by atoms with Crippen molar-refractivity contribution in [2.45, 2.75) is 39.2 Å². The molecule has 1 aliphatic rings. The second-order valence-electron chi connectivity index (χ2n) is 8.33. The van der Waals surface area contributed by atoms with Crippen molar-refractivity contribution in [1.29, 1.82) is 5.26 Å².